The molecule has 0 amide bonds. The second-order valence-electron chi connectivity index (χ2n) is 13.6. The van der Waals surface area contributed by atoms with E-state index < -0.39 is 0 Å². The number of benzene rings is 8. The third-order valence-electron chi connectivity index (χ3n) is 10.8. The van der Waals surface area contributed by atoms with Gasteiger partial charge in [0.05, 0.1) is 13.2 Å². The molecule has 2 atom stereocenters. The summed E-state index contributed by atoms with van der Waals surface area (Å²) in [5.41, 5.74) is 12.4. The highest BCUT2D eigenvalue weighted by Gasteiger charge is 2.34. The number of hydrogen-bond donors (Lipinski definition) is 2. The molecule has 8 aromatic rings. The first-order chi connectivity index (χ1) is 25.7. The van der Waals surface area contributed by atoms with Crippen molar-refractivity contribution in [2.24, 2.45) is 0 Å². The predicted octanol–water partition coefficient (Wildman–Crippen LogP) is 10.9. The Morgan fingerprint density at radius 2 is 0.788 bits per heavy atom. The first-order valence-electron chi connectivity index (χ1n) is 17.7. The summed E-state index contributed by atoms with van der Waals surface area (Å²) >= 11 is 0. The van der Waals surface area contributed by atoms with Crippen LogP contribution in [0.3, 0.4) is 0 Å². The van der Waals surface area contributed by atoms with Crippen LogP contribution in [0.5, 0.6) is 11.5 Å². The molecule has 10 rings (SSSR count). The van der Waals surface area contributed by atoms with Crippen molar-refractivity contribution in [1.82, 2.24) is 0 Å². The maximum Gasteiger partial charge on any atom is 0.150 e. The minimum absolute atomic E-state index is 0.0402. The summed E-state index contributed by atoms with van der Waals surface area (Å²) in [7, 11) is 0. The quantitative estimate of drug-likeness (QED) is 0.177. The molecule has 52 heavy (non-hydrogen) atoms. The van der Waals surface area contributed by atoms with Crippen molar-refractivity contribution in [3.63, 3.8) is 0 Å². The Morgan fingerprint density at radius 1 is 0.385 bits per heavy atom. The monoisotopic (exact) mass is 674 g/mol. The number of aliphatic hydroxyl groups excluding tert-OH is 2. The summed E-state index contributed by atoms with van der Waals surface area (Å²) in [6.07, 6.45) is -0.745. The number of aliphatic hydroxyl groups is 2. The number of ether oxygens (including phenoxy) is 2. The van der Waals surface area contributed by atoms with Crippen molar-refractivity contribution in [2.45, 2.75) is 25.4 Å². The van der Waals surface area contributed by atoms with E-state index in [1.165, 1.54) is 0 Å². The van der Waals surface area contributed by atoms with Crippen LogP contribution in [0.2, 0.25) is 0 Å². The fourth-order valence-corrected chi connectivity index (χ4v) is 8.35. The summed E-state index contributed by atoms with van der Waals surface area (Å²) in [5.74, 6) is 1.49. The lowest BCUT2D eigenvalue weighted by molar-refractivity contribution is 0.248. The zero-order valence-corrected chi connectivity index (χ0v) is 28.3. The van der Waals surface area contributed by atoms with Crippen LogP contribution in [0.4, 0.5) is 0 Å². The zero-order valence-electron chi connectivity index (χ0n) is 28.3. The van der Waals surface area contributed by atoms with E-state index in [1.807, 2.05) is 12.1 Å². The van der Waals surface area contributed by atoms with E-state index in [-0.39, 0.29) is 25.4 Å². The van der Waals surface area contributed by atoms with E-state index in [0.717, 1.165) is 99.8 Å². The van der Waals surface area contributed by atoms with Crippen LogP contribution in [-0.4, -0.2) is 10.2 Å². The van der Waals surface area contributed by atoms with Gasteiger partial charge >= 0.3 is 0 Å². The third kappa shape index (κ3) is 4.76. The average Bonchev–Trinajstić information content (AvgIpc) is 3.69. The Balaban J connectivity index is 1.20. The molecule has 0 bridgehead atoms. The second kappa shape index (κ2) is 12.2. The van der Waals surface area contributed by atoms with Crippen molar-refractivity contribution in [3.8, 4) is 44.9 Å². The summed E-state index contributed by atoms with van der Waals surface area (Å²) in [5, 5.41) is 24.5. The van der Waals surface area contributed by atoms with Gasteiger partial charge in [0.1, 0.15) is 11.5 Å². The van der Waals surface area contributed by atoms with E-state index in [1.54, 1.807) is 0 Å². The molecule has 4 nitrogen and oxygen atoms in total. The number of hydrogen-bond acceptors (Lipinski definition) is 4. The summed E-state index contributed by atoms with van der Waals surface area (Å²) in [4.78, 5) is 0. The summed E-state index contributed by atoms with van der Waals surface area (Å²) in [6, 6.07) is 54.5. The van der Waals surface area contributed by atoms with Crippen molar-refractivity contribution < 1.29 is 19.7 Å². The fraction of sp³-hybridized carbons (Fsp3) is 0.0833. The molecule has 2 aliphatic carbocycles. The Bertz CT molecular complexity index is 2510. The van der Waals surface area contributed by atoms with Gasteiger partial charge in [-0.2, -0.15) is 0 Å². The second-order valence-corrected chi connectivity index (χ2v) is 13.6. The molecule has 0 aromatic heterocycles. The van der Waals surface area contributed by atoms with Crippen molar-refractivity contribution in [1.29, 1.82) is 0 Å². The minimum atomic E-state index is -0.373. The van der Waals surface area contributed by atoms with Crippen LogP contribution in [-0.2, 0) is 13.2 Å². The van der Waals surface area contributed by atoms with Crippen LogP contribution in [0, 0.1) is 0 Å². The van der Waals surface area contributed by atoms with Gasteiger partial charge in [0.15, 0.2) is 12.2 Å². The molecule has 0 aliphatic heterocycles. The first kappa shape index (κ1) is 30.6. The molecular formula is C48H34O4. The molecular weight excluding hydrogens is 641 g/mol. The van der Waals surface area contributed by atoms with Gasteiger partial charge < -0.3 is 19.7 Å². The lowest BCUT2D eigenvalue weighted by atomic mass is 9.92. The van der Waals surface area contributed by atoms with E-state index in [0.29, 0.717) is 0 Å². The molecule has 0 radical (unpaired) electrons. The number of rotatable bonds is 7. The molecule has 0 heterocycles. The first-order valence-corrected chi connectivity index (χ1v) is 17.7. The lowest BCUT2D eigenvalue weighted by Crippen LogP contribution is -2.09. The molecule has 0 fully saturated rings. The highest BCUT2D eigenvalue weighted by Crippen LogP contribution is 2.53. The lowest BCUT2D eigenvalue weighted by Gasteiger charge is -2.25. The van der Waals surface area contributed by atoms with Gasteiger partial charge in [0.25, 0.3) is 0 Å². The van der Waals surface area contributed by atoms with Gasteiger partial charge in [0.2, 0.25) is 0 Å². The Kier molecular flexibility index (Phi) is 7.20. The normalized spacial score (nSPS) is 15.3. The highest BCUT2D eigenvalue weighted by atomic mass is 16.5. The SMILES string of the molecule is OCc1ccc2c(c1)C(Oc1ccc3ccccc3c1-c1c(OC3c4ccccc4-c4ccc(CO)cc43)ccc3ccccc13)c1ccccc1-2. The van der Waals surface area contributed by atoms with Gasteiger partial charge in [0, 0.05) is 33.4 Å². The fourth-order valence-electron chi connectivity index (χ4n) is 8.35. The molecule has 0 spiro atoms. The Labute approximate surface area is 301 Å². The van der Waals surface area contributed by atoms with E-state index >= 15 is 0 Å². The highest BCUT2D eigenvalue weighted by molar-refractivity contribution is 6.10. The van der Waals surface area contributed by atoms with Crippen LogP contribution >= 0.6 is 0 Å². The van der Waals surface area contributed by atoms with E-state index in [4.69, 9.17) is 9.47 Å². The maximum absolute atomic E-state index is 10.1. The van der Waals surface area contributed by atoms with Crippen LogP contribution < -0.4 is 9.47 Å². The summed E-state index contributed by atoms with van der Waals surface area (Å²) < 4.78 is 14.5. The van der Waals surface area contributed by atoms with Crippen molar-refractivity contribution in [2.75, 3.05) is 0 Å². The summed E-state index contributed by atoms with van der Waals surface area (Å²) in [6.45, 7) is -0.0804. The molecule has 4 heteroatoms. The van der Waals surface area contributed by atoms with Crippen molar-refractivity contribution in [3.05, 3.63) is 191 Å². The molecule has 0 saturated carbocycles. The van der Waals surface area contributed by atoms with Gasteiger partial charge in [-0.15, -0.1) is 0 Å². The predicted molar refractivity (Wildman–Crippen MR) is 207 cm³/mol. The zero-order chi connectivity index (χ0) is 34.8. The Morgan fingerprint density at radius 3 is 1.25 bits per heavy atom. The van der Waals surface area contributed by atoms with Crippen LogP contribution in [0.15, 0.2) is 158 Å². The minimum Gasteiger partial charge on any atom is -0.480 e. The molecule has 2 N–H and O–H groups in total. The largest absolute Gasteiger partial charge is 0.480 e. The molecule has 8 aromatic carbocycles. The standard InChI is InChI=1S/C48H34O4/c49-27-29-17-21-37-35-13-5-7-15-39(35)47(41(37)25-29)51-43-23-19-31-9-1-3-11-33(31)45(43)46-34-12-4-2-10-32(34)20-24-44(46)52-48-40-16-8-6-14-36(40)38-22-18-30(28-50)26-42(38)48/h1-26,47-50H,27-28H2. The van der Waals surface area contributed by atoms with E-state index in [9.17, 15) is 10.2 Å². The molecule has 2 unspecified atom stereocenters. The topological polar surface area (TPSA) is 58.9 Å². The molecule has 0 saturated heterocycles. The Hall–Kier alpha value is -6.20. The van der Waals surface area contributed by atoms with Crippen LogP contribution in [0.1, 0.15) is 45.6 Å². The average molecular weight is 675 g/mol. The third-order valence-corrected chi connectivity index (χ3v) is 10.8. The maximum atomic E-state index is 10.1. The van der Waals surface area contributed by atoms with Crippen LogP contribution in [0.25, 0.3) is 54.9 Å². The van der Waals surface area contributed by atoms with Crippen molar-refractivity contribution >= 4 is 21.5 Å². The van der Waals surface area contributed by atoms with Gasteiger partial charge in [-0.05, 0) is 79.2 Å². The molecule has 250 valence electrons. The van der Waals surface area contributed by atoms with Gasteiger partial charge in [-0.1, -0.05) is 133 Å². The van der Waals surface area contributed by atoms with E-state index in [2.05, 4.69) is 146 Å². The van der Waals surface area contributed by atoms with Gasteiger partial charge in [-0.3, -0.25) is 0 Å². The molecule has 2 aliphatic rings. The number of fused-ring (bicyclic) bond motifs is 8. The smallest absolute Gasteiger partial charge is 0.150 e. The van der Waals surface area contributed by atoms with Gasteiger partial charge in [-0.25, -0.2) is 0 Å².